The summed E-state index contributed by atoms with van der Waals surface area (Å²) in [6, 6.07) is 14.5. The van der Waals surface area contributed by atoms with Gasteiger partial charge >= 0.3 is 5.97 Å². The van der Waals surface area contributed by atoms with Crippen LogP contribution in [0.2, 0.25) is 0 Å². The minimum absolute atomic E-state index is 0.150. The van der Waals surface area contributed by atoms with Gasteiger partial charge in [-0.1, -0.05) is 36.0 Å². The molecule has 0 fully saturated rings. The number of carbonyl (C=O) groups is 2. The Kier molecular flexibility index (Phi) is 8.48. The topological polar surface area (TPSA) is 95.3 Å². The molecule has 0 saturated carbocycles. The second-order valence-corrected chi connectivity index (χ2v) is 8.51. The van der Waals surface area contributed by atoms with Gasteiger partial charge in [0.15, 0.2) is 11.0 Å². The van der Waals surface area contributed by atoms with Gasteiger partial charge in [-0.2, -0.15) is 0 Å². The Morgan fingerprint density at radius 2 is 1.91 bits per heavy atom. The quantitative estimate of drug-likeness (QED) is 0.346. The van der Waals surface area contributed by atoms with Crippen LogP contribution in [0.15, 0.2) is 53.7 Å². The number of esters is 1. The Morgan fingerprint density at radius 1 is 1.12 bits per heavy atom. The molecule has 0 saturated heterocycles. The number of benzene rings is 2. The molecular formula is C24H28N4O4S. The maximum atomic E-state index is 12.5. The number of hydrogen-bond donors (Lipinski definition) is 1. The third-order valence-electron chi connectivity index (χ3n) is 4.62. The van der Waals surface area contributed by atoms with Crippen LogP contribution < -0.4 is 10.1 Å². The zero-order valence-electron chi connectivity index (χ0n) is 19.2. The first kappa shape index (κ1) is 24.3. The van der Waals surface area contributed by atoms with Crippen LogP contribution in [-0.2, 0) is 22.7 Å². The molecule has 0 aliphatic carbocycles. The molecule has 0 atom stereocenters. The van der Waals surface area contributed by atoms with Crippen LogP contribution in [0.5, 0.6) is 5.75 Å². The highest BCUT2D eigenvalue weighted by atomic mass is 32.2. The standard InChI is InChI=1S/C24H28N4O4S/c1-5-28-21(14-31-20-12-7-6-9-17(20)4)26-27-24(28)33-15-22(29)25-19-11-8-10-18(13-19)23(30)32-16(2)3/h6-13,16H,5,14-15H2,1-4H3,(H,25,29). The molecule has 1 aromatic heterocycles. The van der Waals surface area contributed by atoms with Gasteiger partial charge in [0.05, 0.1) is 17.4 Å². The Morgan fingerprint density at radius 3 is 2.64 bits per heavy atom. The third-order valence-corrected chi connectivity index (χ3v) is 5.58. The summed E-state index contributed by atoms with van der Waals surface area (Å²) in [4.78, 5) is 24.5. The summed E-state index contributed by atoms with van der Waals surface area (Å²) >= 11 is 1.29. The van der Waals surface area contributed by atoms with Gasteiger partial charge in [-0.25, -0.2) is 4.79 Å². The van der Waals surface area contributed by atoms with Crippen LogP contribution >= 0.6 is 11.8 Å². The summed E-state index contributed by atoms with van der Waals surface area (Å²) in [6.07, 6.45) is -0.213. The predicted molar refractivity (Wildman–Crippen MR) is 128 cm³/mol. The molecule has 1 N–H and O–H groups in total. The summed E-state index contributed by atoms with van der Waals surface area (Å²) < 4.78 is 13.0. The van der Waals surface area contributed by atoms with E-state index < -0.39 is 5.97 Å². The lowest BCUT2D eigenvalue weighted by Gasteiger charge is -2.11. The first-order chi connectivity index (χ1) is 15.9. The van der Waals surface area contributed by atoms with Crippen molar-refractivity contribution in [1.29, 1.82) is 0 Å². The highest BCUT2D eigenvalue weighted by Gasteiger charge is 2.15. The second-order valence-electron chi connectivity index (χ2n) is 7.57. The lowest BCUT2D eigenvalue weighted by molar-refractivity contribution is -0.113. The molecule has 2 aromatic carbocycles. The van der Waals surface area contributed by atoms with E-state index in [1.54, 1.807) is 38.1 Å². The Hall–Kier alpha value is -3.33. The number of amides is 1. The van der Waals surface area contributed by atoms with Gasteiger partial charge in [0.1, 0.15) is 12.4 Å². The van der Waals surface area contributed by atoms with E-state index in [4.69, 9.17) is 9.47 Å². The molecule has 33 heavy (non-hydrogen) atoms. The fraction of sp³-hybridized carbons (Fsp3) is 0.333. The largest absolute Gasteiger partial charge is 0.485 e. The van der Waals surface area contributed by atoms with Gasteiger partial charge in [0.25, 0.3) is 0 Å². The van der Waals surface area contributed by atoms with Crippen molar-refractivity contribution in [1.82, 2.24) is 14.8 Å². The normalized spacial score (nSPS) is 10.8. The van der Waals surface area contributed by atoms with Crippen LogP contribution in [-0.4, -0.2) is 38.5 Å². The molecule has 0 spiro atoms. The number of anilines is 1. The van der Waals surface area contributed by atoms with Gasteiger partial charge in [-0.3, -0.25) is 4.79 Å². The SMILES string of the molecule is CCn1c(COc2ccccc2C)nnc1SCC(=O)Nc1cccc(C(=O)OC(C)C)c1. The average Bonchev–Trinajstić information content (AvgIpc) is 3.18. The number of thioether (sulfide) groups is 1. The Balaban J connectivity index is 1.57. The number of aromatic nitrogens is 3. The molecule has 8 nitrogen and oxygen atoms in total. The van der Waals surface area contributed by atoms with Crippen molar-refractivity contribution in [2.45, 2.75) is 52.1 Å². The van der Waals surface area contributed by atoms with Crippen LogP contribution in [0.4, 0.5) is 5.69 Å². The number of ether oxygens (including phenoxy) is 2. The van der Waals surface area contributed by atoms with Crippen LogP contribution in [0.3, 0.4) is 0 Å². The van der Waals surface area contributed by atoms with Crippen molar-refractivity contribution in [2.75, 3.05) is 11.1 Å². The molecule has 9 heteroatoms. The number of nitrogens with zero attached hydrogens (tertiary/aromatic N) is 3. The first-order valence-corrected chi connectivity index (χ1v) is 11.7. The van der Waals surface area contributed by atoms with E-state index >= 15 is 0 Å². The summed E-state index contributed by atoms with van der Waals surface area (Å²) in [6.45, 7) is 8.50. The Labute approximate surface area is 197 Å². The zero-order chi connectivity index (χ0) is 23.8. The lowest BCUT2D eigenvalue weighted by Crippen LogP contribution is -2.16. The minimum Gasteiger partial charge on any atom is -0.485 e. The minimum atomic E-state index is -0.424. The second kappa shape index (κ2) is 11.5. The van der Waals surface area contributed by atoms with E-state index in [1.807, 2.05) is 42.7 Å². The van der Waals surface area contributed by atoms with E-state index in [2.05, 4.69) is 15.5 Å². The molecule has 3 aromatic rings. The molecule has 0 bridgehead atoms. The van der Waals surface area contributed by atoms with Crippen molar-refractivity contribution < 1.29 is 19.1 Å². The van der Waals surface area contributed by atoms with Gasteiger partial charge in [-0.15, -0.1) is 10.2 Å². The summed E-state index contributed by atoms with van der Waals surface area (Å²) in [5, 5.41) is 11.9. The number of rotatable bonds is 10. The fourth-order valence-electron chi connectivity index (χ4n) is 3.04. The number of para-hydroxylation sites is 1. The molecular weight excluding hydrogens is 440 g/mol. The van der Waals surface area contributed by atoms with E-state index in [0.29, 0.717) is 28.8 Å². The van der Waals surface area contributed by atoms with Gasteiger partial charge in [0.2, 0.25) is 5.91 Å². The Bertz CT molecular complexity index is 1110. The molecule has 1 heterocycles. The highest BCUT2D eigenvalue weighted by Crippen LogP contribution is 2.21. The number of nitrogens with one attached hydrogen (secondary N) is 1. The maximum absolute atomic E-state index is 12.5. The summed E-state index contributed by atoms with van der Waals surface area (Å²) in [7, 11) is 0. The fourth-order valence-corrected chi connectivity index (χ4v) is 3.87. The molecule has 3 rings (SSSR count). The van der Waals surface area contributed by atoms with Crippen molar-refractivity contribution in [2.24, 2.45) is 0 Å². The molecule has 174 valence electrons. The molecule has 1 amide bonds. The monoisotopic (exact) mass is 468 g/mol. The molecule has 0 aliphatic heterocycles. The maximum Gasteiger partial charge on any atom is 0.338 e. The molecule has 0 radical (unpaired) electrons. The van der Waals surface area contributed by atoms with E-state index in [9.17, 15) is 9.59 Å². The van der Waals surface area contributed by atoms with E-state index in [-0.39, 0.29) is 24.4 Å². The van der Waals surface area contributed by atoms with Crippen LogP contribution in [0, 0.1) is 6.92 Å². The highest BCUT2D eigenvalue weighted by molar-refractivity contribution is 7.99. The first-order valence-electron chi connectivity index (χ1n) is 10.7. The van der Waals surface area contributed by atoms with E-state index in [0.717, 1.165) is 11.3 Å². The van der Waals surface area contributed by atoms with Crippen LogP contribution in [0.25, 0.3) is 0 Å². The number of carbonyl (C=O) groups excluding carboxylic acids is 2. The van der Waals surface area contributed by atoms with Crippen molar-refractivity contribution in [3.05, 3.63) is 65.5 Å². The number of aryl methyl sites for hydroxylation is 1. The smallest absolute Gasteiger partial charge is 0.338 e. The third kappa shape index (κ3) is 6.82. The summed E-state index contributed by atoms with van der Waals surface area (Å²) in [5.41, 5.74) is 1.97. The zero-order valence-corrected chi connectivity index (χ0v) is 20.0. The number of hydrogen-bond acceptors (Lipinski definition) is 7. The van der Waals surface area contributed by atoms with Crippen LogP contribution in [0.1, 0.15) is 42.5 Å². The van der Waals surface area contributed by atoms with Crippen molar-refractivity contribution in [3.63, 3.8) is 0 Å². The van der Waals surface area contributed by atoms with Gasteiger partial charge in [0, 0.05) is 12.2 Å². The summed E-state index contributed by atoms with van der Waals surface area (Å²) in [5.74, 6) is 1.01. The average molecular weight is 469 g/mol. The lowest BCUT2D eigenvalue weighted by atomic mass is 10.2. The predicted octanol–water partition coefficient (Wildman–Crippen LogP) is 4.48. The molecule has 0 aliphatic rings. The van der Waals surface area contributed by atoms with Crippen molar-refractivity contribution >= 4 is 29.3 Å². The van der Waals surface area contributed by atoms with Gasteiger partial charge in [-0.05, 0) is 57.5 Å². The van der Waals surface area contributed by atoms with Crippen molar-refractivity contribution in [3.8, 4) is 5.75 Å². The van der Waals surface area contributed by atoms with E-state index in [1.165, 1.54) is 11.8 Å². The molecule has 0 unspecified atom stereocenters. The van der Waals surface area contributed by atoms with Gasteiger partial charge < -0.3 is 19.4 Å².